The summed E-state index contributed by atoms with van der Waals surface area (Å²) in [6.07, 6.45) is 0. The first-order valence-electron chi connectivity index (χ1n) is 8.28. The maximum absolute atomic E-state index is 10.8. The number of nitro benzene ring substituents is 1. The molecule has 0 amide bonds. The first-order chi connectivity index (χ1) is 12.6. The summed E-state index contributed by atoms with van der Waals surface area (Å²) in [5, 5.41) is 14.3. The van der Waals surface area contributed by atoms with Gasteiger partial charge in [0.1, 0.15) is 0 Å². The third kappa shape index (κ3) is 3.09. The average Bonchev–Trinajstić information content (AvgIpc) is 3.28. The third-order valence-corrected chi connectivity index (χ3v) is 4.67. The van der Waals surface area contributed by atoms with Crippen LogP contribution in [0.25, 0.3) is 0 Å². The van der Waals surface area contributed by atoms with E-state index in [0.717, 1.165) is 22.6 Å². The Bertz CT molecular complexity index is 850. The van der Waals surface area contributed by atoms with Crippen molar-refractivity contribution in [3.8, 4) is 11.5 Å². The molecule has 2 aliphatic rings. The molecule has 1 saturated heterocycles. The number of nitro groups is 1. The van der Waals surface area contributed by atoms with Gasteiger partial charge in [-0.15, -0.1) is 0 Å². The summed E-state index contributed by atoms with van der Waals surface area (Å²) in [6.45, 7) is 5.45. The largest absolute Gasteiger partial charge is 0.454 e. The molecule has 2 atom stereocenters. The van der Waals surface area contributed by atoms with Crippen LogP contribution in [0.1, 0.15) is 11.6 Å². The van der Waals surface area contributed by atoms with E-state index in [-0.39, 0.29) is 24.4 Å². The van der Waals surface area contributed by atoms with Crippen LogP contribution in [-0.4, -0.2) is 24.9 Å². The first-order valence-corrected chi connectivity index (χ1v) is 8.28. The van der Waals surface area contributed by atoms with Crippen LogP contribution in [0.3, 0.4) is 0 Å². The minimum atomic E-state index is -0.411. The van der Waals surface area contributed by atoms with Crippen LogP contribution in [0.2, 0.25) is 0 Å². The Balaban J connectivity index is 1.64. The molecule has 2 aliphatic heterocycles. The van der Waals surface area contributed by atoms with Crippen LogP contribution in [0.15, 0.2) is 54.6 Å². The third-order valence-electron chi connectivity index (χ3n) is 4.67. The lowest BCUT2D eigenvalue weighted by atomic mass is 9.89. The van der Waals surface area contributed by atoms with E-state index >= 15 is 0 Å². The number of ether oxygens (including phenoxy) is 3. The van der Waals surface area contributed by atoms with E-state index in [9.17, 15) is 10.1 Å². The zero-order chi connectivity index (χ0) is 18.1. The van der Waals surface area contributed by atoms with Crippen molar-refractivity contribution >= 4 is 11.4 Å². The van der Waals surface area contributed by atoms with Gasteiger partial charge in [-0.25, -0.2) is 0 Å². The molecule has 7 heteroatoms. The summed E-state index contributed by atoms with van der Waals surface area (Å²) in [7, 11) is 0. The number of benzene rings is 2. The topological polar surface area (TPSA) is 82.9 Å². The van der Waals surface area contributed by atoms with Gasteiger partial charge in [-0.2, -0.15) is 0 Å². The molecule has 0 saturated carbocycles. The molecular formula is C19H18N2O5. The highest BCUT2D eigenvalue weighted by Gasteiger charge is 2.31. The number of hydrogen-bond donors (Lipinski definition) is 1. The van der Waals surface area contributed by atoms with Crippen molar-refractivity contribution in [1.82, 2.24) is 0 Å². The first kappa shape index (κ1) is 16.4. The van der Waals surface area contributed by atoms with Crippen LogP contribution in [0.5, 0.6) is 11.5 Å². The van der Waals surface area contributed by atoms with Crippen LogP contribution >= 0.6 is 0 Å². The standard InChI is InChI=1S/C19H18N2O5/c1-12-9-24-10-16(12)19(13-2-7-17-18(8-13)26-11-25-17)20-14-3-5-15(6-4-14)21(22)23/h2-8,16,19-20H,1,9-11H2/t16-,19-/m0/s1. The van der Waals surface area contributed by atoms with E-state index in [4.69, 9.17) is 14.2 Å². The molecule has 0 bridgehead atoms. The Kier molecular flexibility index (Phi) is 4.22. The molecule has 4 rings (SSSR count). The number of nitrogens with one attached hydrogen (secondary N) is 1. The lowest BCUT2D eigenvalue weighted by molar-refractivity contribution is -0.384. The zero-order valence-electron chi connectivity index (χ0n) is 14.0. The SMILES string of the molecule is C=C1COC[C@@H]1[C@@H](Nc1ccc([N+](=O)[O-])cc1)c1ccc2c(c1)OCO2. The van der Waals surface area contributed by atoms with Gasteiger partial charge in [-0.1, -0.05) is 12.6 Å². The van der Waals surface area contributed by atoms with Gasteiger partial charge in [0.2, 0.25) is 6.79 Å². The molecule has 134 valence electrons. The molecule has 2 heterocycles. The second kappa shape index (κ2) is 6.68. The van der Waals surface area contributed by atoms with Gasteiger partial charge in [0, 0.05) is 23.7 Å². The van der Waals surface area contributed by atoms with Crippen molar-refractivity contribution in [1.29, 1.82) is 0 Å². The van der Waals surface area contributed by atoms with Crippen LogP contribution < -0.4 is 14.8 Å². The maximum atomic E-state index is 10.8. The quantitative estimate of drug-likeness (QED) is 0.501. The smallest absolute Gasteiger partial charge is 0.269 e. The average molecular weight is 354 g/mol. The summed E-state index contributed by atoms with van der Waals surface area (Å²) in [5.41, 5.74) is 2.88. The molecule has 26 heavy (non-hydrogen) atoms. The molecule has 0 unspecified atom stereocenters. The lowest BCUT2D eigenvalue weighted by Gasteiger charge is -2.26. The highest BCUT2D eigenvalue weighted by molar-refractivity contribution is 5.52. The van der Waals surface area contributed by atoms with Gasteiger partial charge in [0.05, 0.1) is 24.2 Å². The molecule has 1 N–H and O–H groups in total. The summed E-state index contributed by atoms with van der Waals surface area (Å²) in [5.74, 6) is 1.53. The summed E-state index contributed by atoms with van der Waals surface area (Å²) < 4.78 is 16.4. The van der Waals surface area contributed by atoms with E-state index in [2.05, 4.69) is 11.9 Å². The minimum Gasteiger partial charge on any atom is -0.454 e. The predicted octanol–water partition coefficient (Wildman–Crippen LogP) is 3.68. The molecule has 0 spiro atoms. The Morgan fingerprint density at radius 1 is 1.15 bits per heavy atom. The fourth-order valence-corrected chi connectivity index (χ4v) is 3.26. The monoisotopic (exact) mass is 354 g/mol. The number of fused-ring (bicyclic) bond motifs is 1. The zero-order valence-corrected chi connectivity index (χ0v) is 14.0. The van der Waals surface area contributed by atoms with E-state index in [1.165, 1.54) is 12.1 Å². The highest BCUT2D eigenvalue weighted by atomic mass is 16.7. The lowest BCUT2D eigenvalue weighted by Crippen LogP contribution is -2.22. The second-order valence-corrected chi connectivity index (χ2v) is 6.32. The van der Waals surface area contributed by atoms with Crippen molar-refractivity contribution < 1.29 is 19.1 Å². The minimum absolute atomic E-state index is 0.0591. The molecular weight excluding hydrogens is 336 g/mol. The number of rotatable bonds is 5. The summed E-state index contributed by atoms with van der Waals surface area (Å²) in [6, 6.07) is 12.1. The van der Waals surface area contributed by atoms with Crippen LogP contribution in [0, 0.1) is 16.0 Å². The van der Waals surface area contributed by atoms with E-state index in [1.54, 1.807) is 12.1 Å². The molecule has 1 fully saturated rings. The van der Waals surface area contributed by atoms with Gasteiger partial charge in [0.15, 0.2) is 11.5 Å². The molecule has 0 radical (unpaired) electrons. The normalized spacial score (nSPS) is 19.4. The van der Waals surface area contributed by atoms with Gasteiger partial charge in [0.25, 0.3) is 5.69 Å². The number of anilines is 1. The molecule has 0 aliphatic carbocycles. The van der Waals surface area contributed by atoms with Crippen molar-refractivity contribution in [2.45, 2.75) is 6.04 Å². The van der Waals surface area contributed by atoms with Gasteiger partial charge in [-0.3, -0.25) is 10.1 Å². The summed E-state index contributed by atoms with van der Waals surface area (Å²) in [4.78, 5) is 10.4. The number of hydrogen-bond acceptors (Lipinski definition) is 6. The Morgan fingerprint density at radius 3 is 2.62 bits per heavy atom. The Hall–Kier alpha value is -3.06. The fraction of sp³-hybridized carbons (Fsp3) is 0.263. The van der Waals surface area contributed by atoms with Gasteiger partial charge in [-0.05, 0) is 35.4 Å². The Labute approximate surface area is 150 Å². The maximum Gasteiger partial charge on any atom is 0.269 e. The predicted molar refractivity (Wildman–Crippen MR) is 95.5 cm³/mol. The summed E-state index contributed by atoms with van der Waals surface area (Å²) >= 11 is 0. The fourth-order valence-electron chi connectivity index (χ4n) is 3.26. The van der Waals surface area contributed by atoms with Gasteiger partial charge < -0.3 is 19.5 Å². The second-order valence-electron chi connectivity index (χ2n) is 6.32. The van der Waals surface area contributed by atoms with E-state index in [0.29, 0.717) is 19.0 Å². The van der Waals surface area contributed by atoms with Crippen molar-refractivity contribution in [3.63, 3.8) is 0 Å². The van der Waals surface area contributed by atoms with Crippen molar-refractivity contribution in [3.05, 3.63) is 70.3 Å². The molecule has 0 aromatic heterocycles. The van der Waals surface area contributed by atoms with E-state index < -0.39 is 4.92 Å². The molecule has 2 aromatic carbocycles. The Morgan fingerprint density at radius 2 is 1.92 bits per heavy atom. The van der Waals surface area contributed by atoms with Crippen LogP contribution in [0.4, 0.5) is 11.4 Å². The molecule has 7 nitrogen and oxygen atoms in total. The highest BCUT2D eigenvalue weighted by Crippen LogP contribution is 2.39. The van der Waals surface area contributed by atoms with Crippen LogP contribution in [-0.2, 0) is 4.74 Å². The molecule has 2 aromatic rings. The van der Waals surface area contributed by atoms with Crippen molar-refractivity contribution in [2.24, 2.45) is 5.92 Å². The van der Waals surface area contributed by atoms with E-state index in [1.807, 2.05) is 18.2 Å². The number of non-ortho nitro benzene ring substituents is 1. The number of nitrogens with zero attached hydrogens (tertiary/aromatic N) is 1. The van der Waals surface area contributed by atoms with Crippen molar-refractivity contribution in [2.75, 3.05) is 25.3 Å². The van der Waals surface area contributed by atoms with Gasteiger partial charge >= 0.3 is 0 Å².